The van der Waals surface area contributed by atoms with Gasteiger partial charge in [0.1, 0.15) is 274 Å². The van der Waals surface area contributed by atoms with E-state index in [-0.39, 0.29) is 0 Å². The number of hydrogen-bond acceptors (Lipinski definition) is 58. The van der Waals surface area contributed by atoms with Gasteiger partial charge in [0.15, 0.2) is 75.5 Å². The third kappa shape index (κ3) is 25.2. The van der Waals surface area contributed by atoms with Gasteiger partial charge in [-0.1, -0.05) is 0 Å². The fraction of sp³-hybridized carbons (Fsp3) is 0.950. The molecule has 0 bridgehead atoms. The van der Waals surface area contributed by atoms with Gasteiger partial charge in [0.05, 0.1) is 77.8 Å². The molecule has 12 saturated heterocycles. The van der Waals surface area contributed by atoms with Crippen LogP contribution in [0.25, 0.3) is 0 Å². The molecule has 142 heavy (non-hydrogen) atoms. The second kappa shape index (κ2) is 50.3. The summed E-state index contributed by atoms with van der Waals surface area (Å²) in [5.74, 6) is -4.04. The number of hydrogen-bond donors (Lipinski definition) is 35. The van der Waals surface area contributed by atoms with E-state index in [1.807, 2.05) is 0 Å². The van der Waals surface area contributed by atoms with E-state index in [2.05, 4.69) is 21.3 Å². The smallest absolute Gasteiger partial charge is 0.217 e. The molecule has 0 spiro atoms. The number of amides is 4. The van der Waals surface area contributed by atoms with Gasteiger partial charge in [-0.05, 0) is 20.8 Å². The minimum absolute atomic E-state index is 0.882. The van der Waals surface area contributed by atoms with E-state index in [0.717, 1.165) is 27.7 Å². The fourth-order valence-electron chi connectivity index (χ4n) is 18.7. The molecule has 822 valence electrons. The number of carbonyl (C=O) groups excluding carboxylic acids is 4. The number of rotatable bonds is 35. The molecule has 12 heterocycles. The third-order valence-electron chi connectivity index (χ3n) is 26.6. The molecule has 0 aromatic heterocycles. The van der Waals surface area contributed by atoms with E-state index < -0.39 is 451 Å². The van der Waals surface area contributed by atoms with Gasteiger partial charge in [-0.15, -0.1) is 0 Å². The van der Waals surface area contributed by atoms with Crippen molar-refractivity contribution >= 4 is 23.6 Å². The minimum atomic E-state index is -2.74. The Morgan fingerprint density at radius 2 is 0.437 bits per heavy atom. The molecule has 1 unspecified atom stereocenters. The van der Waals surface area contributed by atoms with E-state index in [9.17, 15) is 177 Å². The van der Waals surface area contributed by atoms with Gasteiger partial charge in [-0.2, -0.15) is 0 Å². The highest BCUT2D eigenvalue weighted by atomic mass is 16.8. The van der Waals surface area contributed by atoms with Crippen LogP contribution in [0.4, 0.5) is 0 Å². The van der Waals surface area contributed by atoms with Crippen LogP contribution < -0.4 is 21.3 Å². The summed E-state index contributed by atoms with van der Waals surface area (Å²) in [6, 6.07) is -8.13. The Morgan fingerprint density at radius 3 is 0.803 bits per heavy atom. The second-order valence-corrected chi connectivity index (χ2v) is 36.5. The van der Waals surface area contributed by atoms with Crippen LogP contribution in [0.1, 0.15) is 48.5 Å². The lowest BCUT2D eigenvalue weighted by Gasteiger charge is -2.52. The van der Waals surface area contributed by atoms with Gasteiger partial charge in [-0.3, -0.25) is 19.2 Å². The van der Waals surface area contributed by atoms with Crippen molar-refractivity contribution in [1.29, 1.82) is 0 Å². The maximum absolute atomic E-state index is 13.7. The summed E-state index contributed by atoms with van der Waals surface area (Å²) in [4.78, 5) is 53.7. The second-order valence-electron chi connectivity index (χ2n) is 36.5. The van der Waals surface area contributed by atoms with Crippen LogP contribution in [-0.4, -0.2) is 610 Å². The molecule has 12 rings (SSSR count). The number of ether oxygens (including phenoxy) is 23. The van der Waals surface area contributed by atoms with Crippen molar-refractivity contribution in [2.24, 2.45) is 0 Å². The molecule has 0 saturated carbocycles. The lowest BCUT2D eigenvalue weighted by molar-refractivity contribution is -0.404. The van der Waals surface area contributed by atoms with Gasteiger partial charge in [0.2, 0.25) is 23.6 Å². The van der Waals surface area contributed by atoms with Gasteiger partial charge in [-0.25, -0.2) is 0 Å². The zero-order valence-corrected chi connectivity index (χ0v) is 76.9. The van der Waals surface area contributed by atoms with Crippen LogP contribution in [-0.2, 0) is 128 Å². The molecule has 0 aliphatic carbocycles. The molecule has 12 aliphatic heterocycles. The molecule has 0 aromatic rings. The Kier molecular flexibility index (Phi) is 41.2. The van der Waals surface area contributed by atoms with Crippen LogP contribution in [0.5, 0.6) is 0 Å². The molecular weight excluding hydrogens is 1940 g/mol. The number of aliphatic hydroxyl groups is 31. The predicted octanol–water partition coefficient (Wildman–Crippen LogP) is -23.5. The Morgan fingerprint density at radius 1 is 0.197 bits per heavy atom. The average Bonchev–Trinajstić information content (AvgIpc) is 0.761. The lowest BCUT2D eigenvalue weighted by Crippen LogP contribution is -2.72. The topological polar surface area (TPSA) is 956 Å². The minimum Gasteiger partial charge on any atom is -0.394 e. The number of carbonyl (C=O) groups is 4. The molecule has 12 fully saturated rings. The fourth-order valence-corrected chi connectivity index (χ4v) is 18.7. The summed E-state index contributed by atoms with van der Waals surface area (Å²) in [7, 11) is 0. The highest BCUT2D eigenvalue weighted by molar-refractivity contribution is 5.74. The van der Waals surface area contributed by atoms with Gasteiger partial charge < -0.3 is 289 Å². The summed E-state index contributed by atoms with van der Waals surface area (Å²) >= 11 is 0. The highest BCUT2D eigenvalue weighted by Crippen LogP contribution is 2.44. The maximum atomic E-state index is 13.7. The standard InChI is InChI=1S/C80H134N4O58/c1-17-37(97)46(106)53(113)73(121-17)137-63-34(82-21(5)94)69(119)124-29(13-90)60(63)134-70-33(81-20(4)93)45(105)59(28(12-89)129-70)133-78-58(118)66(140-80-68(52(112)43(103)27(11-88)128-80)142-72-36(84-23(7)96)65(139-75-55(115)48(108)39(99)19(3)123-75)62(31(15-92)131-72)136-77-57(117)50(110)41(101)25(9-86)126-77)44(104)32(132-78)16-120-79-67(51(111)42(102)26(10-87)127-79)141-71-35(83-22(6)95)64(138-74-54(114)47(107)38(98)18(2)122-74)61(30(14-91)130-71)135-76-56(116)49(109)40(100)24(8-85)125-76/h17-19,24-80,85-92,97-119H,8-16H2,1-7H3,(H,81,93)(H,82,94)(H,83,95)(H,84,96)/t17-,18-,19-,24+,25+,26+,27+,28+,29+,30+,31+,32+,33+,34+,35+,36+,37+,38+,39+,40-,41-,42+,43+,44+,45+,46+,47+,48+,49-,50-,51-,52-,53-,54-,55-,56+,57+,58-,59+,60+,61+,62+,63+,64+,65+,66-,67-,68-,69?,70-,71-,72-,73-,74-,75-,76-,77-,78-,79-,80+/m0/s1. The quantitative estimate of drug-likeness (QED) is 0.0280. The molecule has 35 N–H and O–H groups in total. The normalized spacial score (nSPS) is 50.9. The molecule has 62 heteroatoms. The van der Waals surface area contributed by atoms with Crippen molar-refractivity contribution in [2.45, 2.75) is 417 Å². The predicted molar refractivity (Wildman–Crippen MR) is 437 cm³/mol. The van der Waals surface area contributed by atoms with Gasteiger partial charge in [0, 0.05) is 27.7 Å². The average molecular weight is 2080 g/mol. The van der Waals surface area contributed by atoms with Crippen LogP contribution in [0.15, 0.2) is 0 Å². The number of aliphatic hydroxyl groups excluding tert-OH is 31. The van der Waals surface area contributed by atoms with Crippen molar-refractivity contribution in [1.82, 2.24) is 21.3 Å². The first-order chi connectivity index (χ1) is 67.1. The van der Waals surface area contributed by atoms with Crippen molar-refractivity contribution < 1.29 is 286 Å². The zero-order chi connectivity index (χ0) is 104. The van der Waals surface area contributed by atoms with E-state index >= 15 is 0 Å². The first-order valence-corrected chi connectivity index (χ1v) is 45.7. The summed E-state index contributed by atoms with van der Waals surface area (Å²) in [6.07, 6.45) is -120. The van der Waals surface area contributed by atoms with E-state index in [0.29, 0.717) is 0 Å². The largest absolute Gasteiger partial charge is 0.394 e. The molecular formula is C80H134N4O58. The Bertz CT molecular complexity index is 3940. The summed E-state index contributed by atoms with van der Waals surface area (Å²) in [6.45, 7) is -3.64. The van der Waals surface area contributed by atoms with Crippen molar-refractivity contribution in [3.63, 3.8) is 0 Å². The van der Waals surface area contributed by atoms with Crippen molar-refractivity contribution in [3.05, 3.63) is 0 Å². The monoisotopic (exact) mass is 2080 g/mol. The lowest BCUT2D eigenvalue weighted by atomic mass is 9.93. The maximum Gasteiger partial charge on any atom is 0.217 e. The summed E-state index contributed by atoms with van der Waals surface area (Å²) < 4.78 is 140. The zero-order valence-electron chi connectivity index (χ0n) is 76.9. The summed E-state index contributed by atoms with van der Waals surface area (Å²) in [5, 5.41) is 360. The van der Waals surface area contributed by atoms with E-state index in [4.69, 9.17) is 109 Å². The van der Waals surface area contributed by atoms with Crippen LogP contribution >= 0.6 is 0 Å². The van der Waals surface area contributed by atoms with E-state index in [1.165, 1.54) is 20.8 Å². The highest BCUT2D eigenvalue weighted by Gasteiger charge is 2.64. The van der Waals surface area contributed by atoms with Crippen LogP contribution in [0.3, 0.4) is 0 Å². The Labute approximate surface area is 805 Å². The van der Waals surface area contributed by atoms with Crippen LogP contribution in [0.2, 0.25) is 0 Å². The van der Waals surface area contributed by atoms with Gasteiger partial charge >= 0.3 is 0 Å². The SMILES string of the molecule is CC(=O)N[C@H]1[C@H](O[C@H]2[C@H](O[C@@H]3O[C@@H](C)[C@@H](O)[C@@H](O)[C@@H]3O)[C@@H](NC(C)=O)C(O)O[C@@H]2CO)O[C@H](CO)[C@@H](O[C@@H]2O[C@H](CO[C@H]3O[C@H](CO)[C@@H](O)[C@H](O)[C@@H]3O[C@@H]3O[C@H](CO)[C@@H](O[C@@H]4O[C@H](CO)[C@H](O)[C@H](O)[C@H]4O)[C@H](O[C@@H]4O[C@@H](C)[C@@H](O)[C@@H](O)[C@@H]4O)[C@H]3NC(C)=O)[C@@H](O)[C@H](O[C@H]3O[C@H](CO)[C@@H](O)[C@H](O)[C@@H]3O[C@@H]3O[C@H](CO)[C@@H](O[C@@H]4O[C@H](CO)[C@H](O)[C@H](O)[C@H]4O)[C@H](O[C@@H]4O[C@@H](C)[C@@H](O)[C@@H](O)[C@@H]4O)[C@H]3NC(C)=O)[C@@H]2O)[C@@H]1O. The molecule has 62 nitrogen and oxygen atoms in total. The third-order valence-corrected chi connectivity index (χ3v) is 26.6. The molecule has 4 amide bonds. The van der Waals surface area contributed by atoms with Gasteiger partial charge in [0.25, 0.3) is 0 Å². The van der Waals surface area contributed by atoms with Crippen LogP contribution in [0, 0.1) is 0 Å². The Balaban J connectivity index is 0.924. The summed E-state index contributed by atoms with van der Waals surface area (Å²) in [5.41, 5.74) is 0. The van der Waals surface area contributed by atoms with Crippen molar-refractivity contribution in [3.8, 4) is 0 Å². The number of nitrogens with one attached hydrogen (secondary N) is 4. The molecule has 60 atom stereocenters. The molecule has 0 aromatic carbocycles. The molecule has 0 radical (unpaired) electrons. The first-order valence-electron chi connectivity index (χ1n) is 45.7. The Hall–Kier alpha value is -4.28. The van der Waals surface area contributed by atoms with E-state index in [1.54, 1.807) is 0 Å². The molecule has 12 aliphatic rings. The first kappa shape index (κ1) is 116. The van der Waals surface area contributed by atoms with Crippen molar-refractivity contribution in [2.75, 3.05) is 59.5 Å².